The molecule has 0 amide bonds. The lowest BCUT2D eigenvalue weighted by Gasteiger charge is -2.23. The van der Waals surface area contributed by atoms with Crippen molar-refractivity contribution in [1.82, 2.24) is 4.98 Å². The lowest BCUT2D eigenvalue weighted by Crippen LogP contribution is -2.18. The van der Waals surface area contributed by atoms with Crippen molar-refractivity contribution in [1.29, 1.82) is 0 Å². The molecule has 1 atom stereocenters. The first-order chi connectivity index (χ1) is 10.7. The lowest BCUT2D eigenvalue weighted by molar-refractivity contribution is 0.514. The number of rotatable bonds is 6. The summed E-state index contributed by atoms with van der Waals surface area (Å²) in [5.74, 6) is 0. The summed E-state index contributed by atoms with van der Waals surface area (Å²) in [5, 5.41) is 1.18. The summed E-state index contributed by atoms with van der Waals surface area (Å²) in [6, 6.07) is 19.0. The Kier molecular flexibility index (Phi) is 4.39. The minimum Gasteiger partial charge on any atom is -0.240 e. The quantitative estimate of drug-likeness (QED) is 0.527. The summed E-state index contributed by atoms with van der Waals surface area (Å²) >= 11 is 1.79. The molecule has 2 heteroatoms. The summed E-state index contributed by atoms with van der Waals surface area (Å²) in [4.78, 5) is 4.83. The number of hydrogen-bond donors (Lipinski definition) is 0. The zero-order valence-electron chi connectivity index (χ0n) is 13.0. The molecule has 0 N–H and O–H groups in total. The third-order valence-corrected chi connectivity index (χ3v) is 5.55. The summed E-state index contributed by atoms with van der Waals surface area (Å²) in [6.07, 6.45) is 5.39. The second-order valence-corrected chi connectivity index (χ2v) is 6.98. The molecule has 0 unspecified atom stereocenters. The largest absolute Gasteiger partial charge is 0.240 e. The third-order valence-electron chi connectivity index (χ3n) is 4.24. The molecular weight excluding hydrogens is 286 g/mol. The van der Waals surface area contributed by atoms with Gasteiger partial charge in [-0.2, -0.15) is 0 Å². The van der Waals surface area contributed by atoms with E-state index in [2.05, 4.69) is 68.1 Å². The Morgan fingerprint density at radius 1 is 1.09 bits per heavy atom. The summed E-state index contributed by atoms with van der Waals surface area (Å²) in [6.45, 7) is 6.32. The Balaban J connectivity index is 1.74. The topological polar surface area (TPSA) is 12.9 Å². The van der Waals surface area contributed by atoms with Gasteiger partial charge in [-0.05, 0) is 43.9 Å². The number of aromatic nitrogens is 1. The molecule has 0 saturated heterocycles. The Morgan fingerprint density at radius 3 is 2.55 bits per heavy atom. The van der Waals surface area contributed by atoms with E-state index in [1.165, 1.54) is 15.3 Å². The minimum absolute atomic E-state index is 0.0432. The van der Waals surface area contributed by atoms with Gasteiger partial charge < -0.3 is 0 Å². The Bertz CT molecular complexity index is 726. The van der Waals surface area contributed by atoms with Gasteiger partial charge in [0.2, 0.25) is 0 Å². The third kappa shape index (κ3) is 3.12. The van der Waals surface area contributed by atoms with Crippen LogP contribution in [0.3, 0.4) is 0 Å². The highest BCUT2D eigenvalue weighted by molar-refractivity contribution is 7.18. The Hall–Kier alpha value is -1.93. The summed E-state index contributed by atoms with van der Waals surface area (Å²) < 4.78 is 1.26. The van der Waals surface area contributed by atoms with Gasteiger partial charge in [-0.3, -0.25) is 0 Å². The van der Waals surface area contributed by atoms with Crippen LogP contribution in [0.1, 0.15) is 30.3 Å². The van der Waals surface area contributed by atoms with Gasteiger partial charge in [0.15, 0.2) is 0 Å². The van der Waals surface area contributed by atoms with Gasteiger partial charge in [-0.25, -0.2) is 4.98 Å². The van der Waals surface area contributed by atoms with E-state index in [0.29, 0.717) is 0 Å². The molecule has 3 rings (SSSR count). The Labute approximate surface area is 136 Å². The number of hydrogen-bond acceptors (Lipinski definition) is 2. The SMILES string of the molecule is C=C[C@](C)(CCCc1ccccc1)c1nc2ccccc2s1. The van der Waals surface area contributed by atoms with E-state index in [-0.39, 0.29) is 5.41 Å². The van der Waals surface area contributed by atoms with Crippen LogP contribution in [0.5, 0.6) is 0 Å². The van der Waals surface area contributed by atoms with Gasteiger partial charge in [0, 0.05) is 5.41 Å². The van der Waals surface area contributed by atoms with E-state index in [9.17, 15) is 0 Å². The van der Waals surface area contributed by atoms with E-state index in [1.807, 2.05) is 6.07 Å². The lowest BCUT2D eigenvalue weighted by atomic mass is 9.85. The zero-order valence-corrected chi connectivity index (χ0v) is 13.8. The molecule has 22 heavy (non-hydrogen) atoms. The number of nitrogens with zero attached hydrogens (tertiary/aromatic N) is 1. The van der Waals surface area contributed by atoms with Crippen LogP contribution in [-0.2, 0) is 11.8 Å². The standard InChI is InChI=1S/C20H21NS/c1-3-20(2,15-9-12-16-10-5-4-6-11-16)19-21-17-13-7-8-14-18(17)22-19/h3-8,10-11,13-14H,1,9,12,15H2,2H3/t20-/m1/s1. The normalized spacial score (nSPS) is 13.9. The molecule has 0 aliphatic rings. The van der Waals surface area contributed by atoms with Crippen LogP contribution in [0.4, 0.5) is 0 Å². The van der Waals surface area contributed by atoms with Crippen molar-refractivity contribution in [3.63, 3.8) is 0 Å². The second kappa shape index (κ2) is 6.45. The number of aryl methyl sites for hydroxylation is 1. The smallest absolute Gasteiger partial charge is 0.103 e. The fourth-order valence-corrected chi connectivity index (χ4v) is 3.85. The highest BCUT2D eigenvalue weighted by Gasteiger charge is 2.26. The maximum absolute atomic E-state index is 4.83. The zero-order chi connectivity index (χ0) is 15.4. The fraction of sp³-hybridized carbons (Fsp3) is 0.250. The number of allylic oxidation sites excluding steroid dienone is 1. The van der Waals surface area contributed by atoms with Gasteiger partial charge in [-0.1, -0.05) is 48.5 Å². The second-order valence-electron chi connectivity index (χ2n) is 5.95. The van der Waals surface area contributed by atoms with Crippen molar-refractivity contribution in [3.8, 4) is 0 Å². The summed E-state index contributed by atoms with van der Waals surface area (Å²) in [7, 11) is 0. The fourth-order valence-electron chi connectivity index (χ4n) is 2.72. The molecule has 1 aromatic heterocycles. The van der Waals surface area contributed by atoms with Gasteiger partial charge in [0.25, 0.3) is 0 Å². The molecule has 0 spiro atoms. The molecule has 0 fully saturated rings. The Morgan fingerprint density at radius 2 is 1.82 bits per heavy atom. The maximum atomic E-state index is 4.83. The molecule has 0 aliphatic heterocycles. The van der Waals surface area contributed by atoms with Gasteiger partial charge in [0.1, 0.15) is 5.01 Å². The first kappa shape index (κ1) is 15.0. The molecule has 2 aromatic carbocycles. The van der Waals surface area contributed by atoms with E-state index in [0.717, 1.165) is 24.8 Å². The maximum Gasteiger partial charge on any atom is 0.103 e. The van der Waals surface area contributed by atoms with Gasteiger partial charge >= 0.3 is 0 Å². The van der Waals surface area contributed by atoms with Crippen molar-refractivity contribution in [2.45, 2.75) is 31.6 Å². The minimum atomic E-state index is -0.0432. The molecule has 0 saturated carbocycles. The van der Waals surface area contributed by atoms with Crippen molar-refractivity contribution in [3.05, 3.63) is 77.8 Å². The van der Waals surface area contributed by atoms with Gasteiger partial charge in [0.05, 0.1) is 10.2 Å². The first-order valence-electron chi connectivity index (χ1n) is 7.75. The van der Waals surface area contributed by atoms with Crippen molar-refractivity contribution >= 4 is 21.6 Å². The van der Waals surface area contributed by atoms with E-state index < -0.39 is 0 Å². The molecular formula is C20H21NS. The average Bonchev–Trinajstić information content (AvgIpc) is 3.00. The van der Waals surface area contributed by atoms with E-state index in [4.69, 9.17) is 4.98 Å². The highest BCUT2D eigenvalue weighted by Crippen LogP contribution is 2.36. The first-order valence-corrected chi connectivity index (χ1v) is 8.56. The van der Waals surface area contributed by atoms with Crippen LogP contribution in [0, 0.1) is 0 Å². The van der Waals surface area contributed by atoms with Crippen LogP contribution in [-0.4, -0.2) is 4.98 Å². The predicted octanol–water partition coefficient (Wildman–Crippen LogP) is 5.76. The van der Waals surface area contributed by atoms with Crippen LogP contribution < -0.4 is 0 Å². The molecule has 3 aromatic rings. The van der Waals surface area contributed by atoms with Crippen LogP contribution in [0.15, 0.2) is 67.3 Å². The van der Waals surface area contributed by atoms with Crippen LogP contribution in [0.2, 0.25) is 0 Å². The van der Waals surface area contributed by atoms with Crippen LogP contribution >= 0.6 is 11.3 Å². The molecule has 1 nitrogen and oxygen atoms in total. The number of fused-ring (bicyclic) bond motifs is 1. The predicted molar refractivity (Wildman–Crippen MR) is 96.5 cm³/mol. The highest BCUT2D eigenvalue weighted by atomic mass is 32.1. The molecule has 1 heterocycles. The molecule has 0 aliphatic carbocycles. The van der Waals surface area contributed by atoms with Crippen molar-refractivity contribution in [2.75, 3.05) is 0 Å². The van der Waals surface area contributed by atoms with Crippen molar-refractivity contribution in [2.24, 2.45) is 0 Å². The van der Waals surface area contributed by atoms with Gasteiger partial charge in [-0.15, -0.1) is 17.9 Å². The molecule has 0 bridgehead atoms. The number of thiazole rings is 1. The number of para-hydroxylation sites is 1. The molecule has 0 radical (unpaired) electrons. The monoisotopic (exact) mass is 307 g/mol. The molecule has 112 valence electrons. The van der Waals surface area contributed by atoms with E-state index >= 15 is 0 Å². The van der Waals surface area contributed by atoms with Crippen molar-refractivity contribution < 1.29 is 0 Å². The van der Waals surface area contributed by atoms with Crippen LogP contribution in [0.25, 0.3) is 10.2 Å². The number of benzene rings is 2. The summed E-state index contributed by atoms with van der Waals surface area (Å²) in [5.41, 5.74) is 2.45. The van der Waals surface area contributed by atoms with E-state index in [1.54, 1.807) is 11.3 Å². The average molecular weight is 307 g/mol.